The summed E-state index contributed by atoms with van der Waals surface area (Å²) in [6, 6.07) is 7.36. The third-order valence-electron chi connectivity index (χ3n) is 5.02. The molecular formula is C17H24BrN. The van der Waals surface area contributed by atoms with Gasteiger partial charge in [-0.05, 0) is 54.4 Å². The summed E-state index contributed by atoms with van der Waals surface area (Å²) in [6.07, 6.45) is 9.58. The van der Waals surface area contributed by atoms with Crippen molar-refractivity contribution in [2.45, 2.75) is 57.9 Å². The molecule has 0 bridgehead atoms. The molecule has 104 valence electrons. The van der Waals surface area contributed by atoms with Gasteiger partial charge in [-0.2, -0.15) is 0 Å². The quantitative estimate of drug-likeness (QED) is 0.826. The summed E-state index contributed by atoms with van der Waals surface area (Å²) >= 11 is 3.57. The first kappa shape index (κ1) is 13.6. The van der Waals surface area contributed by atoms with Gasteiger partial charge in [0.25, 0.3) is 0 Å². The van der Waals surface area contributed by atoms with Gasteiger partial charge < -0.3 is 5.32 Å². The second-order valence-corrected chi connectivity index (χ2v) is 7.60. The summed E-state index contributed by atoms with van der Waals surface area (Å²) in [4.78, 5) is 0. The molecule has 19 heavy (non-hydrogen) atoms. The zero-order valence-corrected chi connectivity index (χ0v) is 13.4. The smallest absolute Gasteiger partial charge is 0.0326 e. The highest BCUT2D eigenvalue weighted by molar-refractivity contribution is 9.10. The molecule has 0 aromatic heterocycles. The first-order chi connectivity index (χ1) is 9.16. The zero-order chi connectivity index (χ0) is 13.3. The lowest BCUT2D eigenvalue weighted by atomic mass is 9.75. The van der Waals surface area contributed by atoms with Crippen molar-refractivity contribution in [3.05, 3.63) is 33.8 Å². The Bertz CT molecular complexity index is 449. The van der Waals surface area contributed by atoms with Gasteiger partial charge in [0.05, 0.1) is 0 Å². The van der Waals surface area contributed by atoms with Crippen molar-refractivity contribution >= 4 is 15.9 Å². The summed E-state index contributed by atoms with van der Waals surface area (Å²) in [5.74, 6) is 0. The van der Waals surface area contributed by atoms with Crippen LogP contribution in [0.1, 0.15) is 62.6 Å². The Labute approximate surface area is 125 Å². The number of aryl methyl sites for hydroxylation is 1. The van der Waals surface area contributed by atoms with Crippen LogP contribution in [0.2, 0.25) is 0 Å². The lowest BCUT2D eigenvalue weighted by Gasteiger charge is -2.35. The minimum Gasteiger partial charge on any atom is -0.309 e. The molecule has 1 nitrogen and oxygen atoms in total. The lowest BCUT2D eigenvalue weighted by Crippen LogP contribution is -2.35. The Kier molecular flexibility index (Phi) is 4.00. The van der Waals surface area contributed by atoms with E-state index in [1.807, 2.05) is 0 Å². The van der Waals surface area contributed by atoms with Crippen LogP contribution in [0.15, 0.2) is 22.7 Å². The molecule has 0 radical (unpaired) electrons. The van der Waals surface area contributed by atoms with Crippen molar-refractivity contribution in [3.8, 4) is 0 Å². The monoisotopic (exact) mass is 321 g/mol. The number of halogens is 1. The number of nitrogens with one attached hydrogen (secondary N) is 1. The second kappa shape index (κ2) is 5.57. The van der Waals surface area contributed by atoms with Gasteiger partial charge in [0.15, 0.2) is 0 Å². The van der Waals surface area contributed by atoms with Gasteiger partial charge in [-0.1, -0.05) is 48.2 Å². The van der Waals surface area contributed by atoms with E-state index in [4.69, 9.17) is 0 Å². The van der Waals surface area contributed by atoms with E-state index < -0.39 is 0 Å². The average molecular weight is 322 g/mol. The highest BCUT2D eigenvalue weighted by Crippen LogP contribution is 2.37. The maximum Gasteiger partial charge on any atom is 0.0326 e. The molecule has 0 aliphatic heterocycles. The predicted molar refractivity (Wildman–Crippen MR) is 84.4 cm³/mol. The van der Waals surface area contributed by atoms with Gasteiger partial charge in [0, 0.05) is 17.1 Å². The van der Waals surface area contributed by atoms with Gasteiger partial charge in [-0.25, -0.2) is 0 Å². The maximum atomic E-state index is 3.85. The second-order valence-electron chi connectivity index (χ2n) is 6.69. The molecule has 0 heterocycles. The van der Waals surface area contributed by atoms with Crippen LogP contribution < -0.4 is 5.32 Å². The third kappa shape index (κ3) is 3.05. The number of rotatable bonds is 3. The van der Waals surface area contributed by atoms with Gasteiger partial charge >= 0.3 is 0 Å². The van der Waals surface area contributed by atoms with Crippen LogP contribution in [0.5, 0.6) is 0 Å². The van der Waals surface area contributed by atoms with E-state index >= 15 is 0 Å². The molecule has 2 heteroatoms. The van der Waals surface area contributed by atoms with Crippen LogP contribution in [0.4, 0.5) is 0 Å². The summed E-state index contributed by atoms with van der Waals surface area (Å²) in [7, 11) is 0. The number of benzene rings is 1. The fraction of sp³-hybridized carbons (Fsp3) is 0.647. The summed E-state index contributed by atoms with van der Waals surface area (Å²) in [5.41, 5.74) is 3.60. The summed E-state index contributed by atoms with van der Waals surface area (Å²) in [5, 5.41) is 3.85. The van der Waals surface area contributed by atoms with Crippen molar-refractivity contribution < 1.29 is 0 Å². The molecule has 3 rings (SSSR count). The fourth-order valence-corrected chi connectivity index (χ4v) is 4.16. The Hall–Kier alpha value is -0.340. The van der Waals surface area contributed by atoms with E-state index in [0.29, 0.717) is 11.5 Å². The maximum absolute atomic E-state index is 3.85. The summed E-state index contributed by atoms with van der Waals surface area (Å²) in [6.45, 7) is 3.66. The molecular weight excluding hydrogens is 298 g/mol. The fourth-order valence-electron chi connectivity index (χ4n) is 3.75. The SMILES string of the molecule is CC1(CNC2CCc3cc(Br)ccc32)CCCCC1. The number of fused-ring (bicyclic) bond motifs is 1. The van der Waals surface area contributed by atoms with Crippen molar-refractivity contribution in [3.63, 3.8) is 0 Å². The van der Waals surface area contributed by atoms with E-state index in [1.54, 1.807) is 0 Å². The van der Waals surface area contributed by atoms with Crippen LogP contribution in [-0.4, -0.2) is 6.54 Å². The summed E-state index contributed by atoms with van der Waals surface area (Å²) < 4.78 is 1.21. The van der Waals surface area contributed by atoms with Crippen LogP contribution in [0.3, 0.4) is 0 Å². The molecule has 1 fully saturated rings. The van der Waals surface area contributed by atoms with Gasteiger partial charge in [0.1, 0.15) is 0 Å². The highest BCUT2D eigenvalue weighted by Gasteiger charge is 2.29. The van der Waals surface area contributed by atoms with Crippen molar-refractivity contribution in [2.75, 3.05) is 6.54 Å². The first-order valence-electron chi connectivity index (χ1n) is 7.68. The van der Waals surface area contributed by atoms with Crippen molar-refractivity contribution in [1.29, 1.82) is 0 Å². The molecule has 0 spiro atoms. The van der Waals surface area contributed by atoms with E-state index in [-0.39, 0.29) is 0 Å². The van der Waals surface area contributed by atoms with Gasteiger partial charge in [-0.15, -0.1) is 0 Å². The third-order valence-corrected chi connectivity index (χ3v) is 5.51. The largest absolute Gasteiger partial charge is 0.309 e. The van der Waals surface area contributed by atoms with Gasteiger partial charge in [-0.3, -0.25) is 0 Å². The zero-order valence-electron chi connectivity index (χ0n) is 11.8. The highest BCUT2D eigenvalue weighted by atomic mass is 79.9. The minimum atomic E-state index is 0.538. The predicted octanol–water partition coefficient (Wildman–Crippen LogP) is 5.00. The molecule has 0 amide bonds. The molecule has 1 aromatic rings. The van der Waals surface area contributed by atoms with E-state index in [2.05, 4.69) is 46.4 Å². The van der Waals surface area contributed by atoms with E-state index in [0.717, 1.165) is 0 Å². The minimum absolute atomic E-state index is 0.538. The van der Waals surface area contributed by atoms with Crippen molar-refractivity contribution in [2.24, 2.45) is 5.41 Å². The molecule has 1 N–H and O–H groups in total. The molecule has 1 aromatic carbocycles. The lowest BCUT2D eigenvalue weighted by molar-refractivity contribution is 0.200. The number of hydrogen-bond acceptors (Lipinski definition) is 1. The first-order valence-corrected chi connectivity index (χ1v) is 8.47. The van der Waals surface area contributed by atoms with Crippen LogP contribution >= 0.6 is 15.9 Å². The normalized spacial score (nSPS) is 25.3. The Morgan fingerprint density at radius 3 is 2.84 bits per heavy atom. The topological polar surface area (TPSA) is 12.0 Å². The Balaban J connectivity index is 1.63. The average Bonchev–Trinajstić information content (AvgIpc) is 2.79. The molecule has 2 aliphatic carbocycles. The van der Waals surface area contributed by atoms with Crippen molar-refractivity contribution in [1.82, 2.24) is 5.32 Å². The van der Waals surface area contributed by atoms with E-state index in [1.165, 1.54) is 67.1 Å². The molecule has 1 saturated carbocycles. The Morgan fingerprint density at radius 1 is 1.26 bits per heavy atom. The standard InChI is InChI=1S/C17H24BrN/c1-17(9-3-2-4-10-17)12-19-16-8-5-13-11-14(18)6-7-15(13)16/h6-7,11,16,19H,2-5,8-10,12H2,1H3. The van der Waals surface area contributed by atoms with Crippen LogP contribution in [0.25, 0.3) is 0 Å². The van der Waals surface area contributed by atoms with Gasteiger partial charge in [0.2, 0.25) is 0 Å². The molecule has 0 saturated heterocycles. The Morgan fingerprint density at radius 2 is 2.05 bits per heavy atom. The molecule has 1 atom stereocenters. The molecule has 2 aliphatic rings. The molecule has 1 unspecified atom stereocenters. The van der Waals surface area contributed by atoms with E-state index in [9.17, 15) is 0 Å². The van der Waals surface area contributed by atoms with Crippen LogP contribution in [0, 0.1) is 5.41 Å². The number of hydrogen-bond donors (Lipinski definition) is 1. The van der Waals surface area contributed by atoms with Crippen LogP contribution in [-0.2, 0) is 6.42 Å².